The summed E-state index contributed by atoms with van der Waals surface area (Å²) < 4.78 is 24.3. The highest BCUT2D eigenvalue weighted by molar-refractivity contribution is 6.04. The van der Waals surface area contributed by atoms with Gasteiger partial charge in [-0.25, -0.2) is 9.18 Å². The maximum atomic E-state index is 13.2. The van der Waals surface area contributed by atoms with E-state index >= 15 is 0 Å². The Labute approximate surface area is 136 Å². The summed E-state index contributed by atoms with van der Waals surface area (Å²) in [4.78, 5) is 12.1. The Kier molecular flexibility index (Phi) is 3.50. The van der Waals surface area contributed by atoms with E-state index < -0.39 is 0 Å². The van der Waals surface area contributed by atoms with Crippen LogP contribution in [0.4, 0.5) is 4.39 Å². The third kappa shape index (κ3) is 2.63. The van der Waals surface area contributed by atoms with Crippen molar-refractivity contribution in [3.05, 3.63) is 88.5 Å². The molecule has 0 aliphatic carbocycles. The molecule has 0 unspecified atom stereocenters. The fourth-order valence-electron chi connectivity index (χ4n) is 2.74. The molecule has 4 rings (SSSR count). The van der Waals surface area contributed by atoms with Gasteiger partial charge in [0.25, 0.3) is 0 Å². The van der Waals surface area contributed by atoms with Crippen LogP contribution in [0.2, 0.25) is 0 Å². The standard InChI is InChI=1S/C20H13FO3/c21-14-5-3-4-13(10-14)12-23-15-8-9-17-16-6-1-2-7-18(16)20(22)24-19(17)11-15/h1-11H,12H2. The molecule has 0 spiro atoms. The minimum Gasteiger partial charge on any atom is -0.489 e. The highest BCUT2D eigenvalue weighted by Crippen LogP contribution is 2.26. The van der Waals surface area contributed by atoms with Gasteiger partial charge in [-0.15, -0.1) is 0 Å². The number of halogens is 1. The van der Waals surface area contributed by atoms with Crippen LogP contribution in [0.1, 0.15) is 5.56 Å². The summed E-state index contributed by atoms with van der Waals surface area (Å²) in [5.41, 5.74) is 0.825. The molecular weight excluding hydrogens is 307 g/mol. The van der Waals surface area contributed by atoms with Gasteiger partial charge in [0.1, 0.15) is 23.8 Å². The Morgan fingerprint density at radius 1 is 0.875 bits per heavy atom. The number of hydrogen-bond acceptors (Lipinski definition) is 3. The molecule has 4 heteroatoms. The molecule has 0 bridgehead atoms. The predicted molar refractivity (Wildman–Crippen MR) is 90.7 cm³/mol. The van der Waals surface area contributed by atoms with Crippen molar-refractivity contribution in [3.8, 4) is 5.75 Å². The molecule has 24 heavy (non-hydrogen) atoms. The van der Waals surface area contributed by atoms with E-state index in [1.54, 1.807) is 24.3 Å². The van der Waals surface area contributed by atoms with Gasteiger partial charge in [0.05, 0.1) is 5.39 Å². The summed E-state index contributed by atoms with van der Waals surface area (Å²) in [6, 6.07) is 18.9. The lowest BCUT2D eigenvalue weighted by molar-refractivity contribution is 0.305. The van der Waals surface area contributed by atoms with Gasteiger partial charge >= 0.3 is 5.63 Å². The molecule has 0 saturated carbocycles. The predicted octanol–water partition coefficient (Wildman–Crippen LogP) is 4.66. The summed E-state index contributed by atoms with van der Waals surface area (Å²) in [5, 5.41) is 2.25. The fourth-order valence-corrected chi connectivity index (χ4v) is 2.74. The molecule has 0 aliphatic rings. The molecule has 0 N–H and O–H groups in total. The van der Waals surface area contributed by atoms with Crippen LogP contribution < -0.4 is 10.4 Å². The lowest BCUT2D eigenvalue weighted by Gasteiger charge is -2.08. The van der Waals surface area contributed by atoms with Gasteiger partial charge < -0.3 is 9.15 Å². The average molecular weight is 320 g/mol. The summed E-state index contributed by atoms with van der Waals surface area (Å²) >= 11 is 0. The largest absolute Gasteiger partial charge is 0.489 e. The van der Waals surface area contributed by atoms with Crippen molar-refractivity contribution < 1.29 is 13.5 Å². The van der Waals surface area contributed by atoms with Crippen LogP contribution >= 0.6 is 0 Å². The first-order valence-corrected chi connectivity index (χ1v) is 7.53. The molecule has 0 amide bonds. The number of hydrogen-bond donors (Lipinski definition) is 0. The third-order valence-electron chi connectivity index (χ3n) is 3.89. The lowest BCUT2D eigenvalue weighted by Crippen LogP contribution is -2.00. The van der Waals surface area contributed by atoms with Gasteiger partial charge in [-0.05, 0) is 41.3 Å². The molecule has 4 aromatic rings. The van der Waals surface area contributed by atoms with Gasteiger partial charge in [-0.3, -0.25) is 0 Å². The Hall–Kier alpha value is -3.14. The monoisotopic (exact) mass is 320 g/mol. The molecule has 1 aromatic heterocycles. The van der Waals surface area contributed by atoms with Crippen LogP contribution in [-0.4, -0.2) is 0 Å². The van der Waals surface area contributed by atoms with Crippen LogP contribution in [0.5, 0.6) is 5.75 Å². The Morgan fingerprint density at radius 2 is 1.71 bits per heavy atom. The van der Waals surface area contributed by atoms with Gasteiger partial charge in [0.2, 0.25) is 0 Å². The molecular formula is C20H13FO3. The quantitative estimate of drug-likeness (QED) is 0.407. The summed E-state index contributed by atoms with van der Waals surface area (Å²) in [5.74, 6) is 0.261. The van der Waals surface area contributed by atoms with Crippen molar-refractivity contribution >= 4 is 21.7 Å². The van der Waals surface area contributed by atoms with Crippen LogP contribution in [0, 0.1) is 5.82 Å². The SMILES string of the molecule is O=c1oc2cc(OCc3cccc(F)c3)ccc2c2ccccc12. The van der Waals surface area contributed by atoms with E-state index in [0.717, 1.165) is 16.3 Å². The van der Waals surface area contributed by atoms with Crippen LogP contribution in [0.3, 0.4) is 0 Å². The Bertz CT molecular complexity index is 1100. The zero-order chi connectivity index (χ0) is 16.5. The molecule has 0 radical (unpaired) electrons. The summed E-state index contributed by atoms with van der Waals surface area (Å²) in [6.07, 6.45) is 0. The molecule has 118 valence electrons. The second-order valence-corrected chi connectivity index (χ2v) is 5.51. The van der Waals surface area contributed by atoms with Gasteiger partial charge in [-0.1, -0.05) is 30.3 Å². The zero-order valence-electron chi connectivity index (χ0n) is 12.7. The van der Waals surface area contributed by atoms with Crippen LogP contribution in [0.25, 0.3) is 21.7 Å². The number of rotatable bonds is 3. The maximum Gasteiger partial charge on any atom is 0.344 e. The number of benzene rings is 3. The number of fused-ring (bicyclic) bond motifs is 3. The van der Waals surface area contributed by atoms with Crippen molar-refractivity contribution in [2.24, 2.45) is 0 Å². The molecule has 3 aromatic carbocycles. The Balaban J connectivity index is 1.71. The van der Waals surface area contributed by atoms with Crippen LogP contribution in [-0.2, 0) is 6.61 Å². The normalized spacial score (nSPS) is 11.0. The first-order chi connectivity index (χ1) is 11.7. The minimum absolute atomic E-state index is 0.237. The summed E-state index contributed by atoms with van der Waals surface area (Å²) in [7, 11) is 0. The smallest absolute Gasteiger partial charge is 0.344 e. The summed E-state index contributed by atoms with van der Waals surface area (Å²) in [6.45, 7) is 0.237. The van der Waals surface area contributed by atoms with Crippen molar-refractivity contribution in [1.82, 2.24) is 0 Å². The van der Waals surface area contributed by atoms with Crippen molar-refractivity contribution in [2.45, 2.75) is 6.61 Å². The third-order valence-corrected chi connectivity index (χ3v) is 3.89. The average Bonchev–Trinajstić information content (AvgIpc) is 2.60. The van der Waals surface area contributed by atoms with E-state index in [9.17, 15) is 9.18 Å². The van der Waals surface area contributed by atoms with Crippen molar-refractivity contribution in [1.29, 1.82) is 0 Å². The highest BCUT2D eigenvalue weighted by atomic mass is 19.1. The molecule has 1 heterocycles. The van der Waals surface area contributed by atoms with Gasteiger partial charge in [0, 0.05) is 11.5 Å². The van der Waals surface area contributed by atoms with Gasteiger partial charge in [-0.2, -0.15) is 0 Å². The van der Waals surface area contributed by atoms with E-state index in [4.69, 9.17) is 9.15 Å². The van der Waals surface area contributed by atoms with Crippen molar-refractivity contribution in [3.63, 3.8) is 0 Å². The highest BCUT2D eigenvalue weighted by Gasteiger charge is 2.08. The second kappa shape index (κ2) is 5.81. The van der Waals surface area contributed by atoms with E-state index in [1.807, 2.05) is 30.3 Å². The molecule has 3 nitrogen and oxygen atoms in total. The first-order valence-electron chi connectivity index (χ1n) is 7.53. The van der Waals surface area contributed by atoms with E-state index in [1.165, 1.54) is 12.1 Å². The van der Waals surface area contributed by atoms with E-state index in [2.05, 4.69) is 0 Å². The molecule has 0 aliphatic heterocycles. The topological polar surface area (TPSA) is 39.4 Å². The van der Waals surface area contributed by atoms with Crippen LogP contribution in [0.15, 0.2) is 75.9 Å². The zero-order valence-corrected chi connectivity index (χ0v) is 12.7. The fraction of sp³-hybridized carbons (Fsp3) is 0.0500. The first kappa shape index (κ1) is 14.5. The lowest BCUT2D eigenvalue weighted by atomic mass is 10.1. The minimum atomic E-state index is -0.375. The molecule has 0 atom stereocenters. The van der Waals surface area contributed by atoms with Gasteiger partial charge in [0.15, 0.2) is 0 Å². The van der Waals surface area contributed by atoms with E-state index in [0.29, 0.717) is 16.7 Å². The maximum absolute atomic E-state index is 13.2. The number of ether oxygens (including phenoxy) is 1. The molecule has 0 saturated heterocycles. The molecule has 0 fully saturated rings. The van der Waals surface area contributed by atoms with Crippen molar-refractivity contribution in [2.75, 3.05) is 0 Å². The second-order valence-electron chi connectivity index (χ2n) is 5.51. The Morgan fingerprint density at radius 3 is 2.54 bits per heavy atom. The van der Waals surface area contributed by atoms with E-state index in [-0.39, 0.29) is 18.0 Å².